The van der Waals surface area contributed by atoms with Crippen LogP contribution in [0.25, 0.3) is 0 Å². The maximum Gasteiger partial charge on any atom is 0.237 e. The summed E-state index contributed by atoms with van der Waals surface area (Å²) in [6.07, 6.45) is 0.791. The number of methoxy groups -OCH3 is 1. The van der Waals surface area contributed by atoms with Crippen LogP contribution in [0.4, 0.5) is 0 Å². The molecule has 4 nitrogen and oxygen atoms in total. The summed E-state index contributed by atoms with van der Waals surface area (Å²) in [4.78, 5) is 11.6. The number of para-hydroxylation sites is 1. The van der Waals surface area contributed by atoms with Crippen LogP contribution in [-0.4, -0.2) is 19.1 Å². The molecule has 0 heterocycles. The van der Waals surface area contributed by atoms with E-state index in [-0.39, 0.29) is 11.9 Å². The van der Waals surface area contributed by atoms with Crippen LogP contribution in [0.1, 0.15) is 31.9 Å². The Kier molecular flexibility index (Phi) is 4.97. The number of rotatable bonds is 5. The van der Waals surface area contributed by atoms with E-state index in [4.69, 9.17) is 10.5 Å². The summed E-state index contributed by atoms with van der Waals surface area (Å²) in [5, 5.41) is 2.91. The van der Waals surface area contributed by atoms with Gasteiger partial charge >= 0.3 is 0 Å². The van der Waals surface area contributed by atoms with Crippen molar-refractivity contribution in [3.8, 4) is 5.75 Å². The normalized spacial score (nSPS) is 13.9. The zero-order valence-corrected chi connectivity index (χ0v) is 10.6. The molecule has 1 amide bonds. The van der Waals surface area contributed by atoms with Crippen LogP contribution in [0.3, 0.4) is 0 Å². The van der Waals surface area contributed by atoms with Gasteiger partial charge in [-0.25, -0.2) is 0 Å². The van der Waals surface area contributed by atoms with Crippen LogP contribution >= 0.6 is 0 Å². The largest absolute Gasteiger partial charge is 0.496 e. The fourth-order valence-corrected chi connectivity index (χ4v) is 1.66. The Hall–Kier alpha value is -1.55. The first-order valence-corrected chi connectivity index (χ1v) is 5.79. The van der Waals surface area contributed by atoms with Crippen molar-refractivity contribution in [1.82, 2.24) is 5.32 Å². The van der Waals surface area contributed by atoms with Crippen molar-refractivity contribution >= 4 is 5.91 Å². The quantitative estimate of drug-likeness (QED) is 0.816. The number of amides is 1. The van der Waals surface area contributed by atoms with Crippen molar-refractivity contribution in [2.45, 2.75) is 32.4 Å². The summed E-state index contributed by atoms with van der Waals surface area (Å²) in [5.74, 6) is 0.632. The Morgan fingerprint density at radius 3 is 2.65 bits per heavy atom. The standard InChI is InChI=1S/C13H20N2O2/c1-4-11(15-13(16)9(2)14)10-7-5-6-8-12(10)17-3/h5-9,11H,4,14H2,1-3H3,(H,15,16). The highest BCUT2D eigenvalue weighted by Gasteiger charge is 2.17. The molecular formula is C13H20N2O2. The zero-order chi connectivity index (χ0) is 12.8. The number of carbonyl (C=O) groups is 1. The van der Waals surface area contributed by atoms with Gasteiger partial charge in [-0.1, -0.05) is 25.1 Å². The SMILES string of the molecule is CCC(NC(=O)C(C)N)c1ccccc1OC. The summed E-state index contributed by atoms with van der Waals surface area (Å²) >= 11 is 0. The third-order valence-corrected chi connectivity index (χ3v) is 2.65. The highest BCUT2D eigenvalue weighted by molar-refractivity contribution is 5.81. The number of carbonyl (C=O) groups excluding carboxylic acids is 1. The van der Waals surface area contributed by atoms with E-state index in [0.29, 0.717) is 0 Å². The van der Waals surface area contributed by atoms with E-state index >= 15 is 0 Å². The van der Waals surface area contributed by atoms with E-state index in [0.717, 1.165) is 17.7 Å². The van der Waals surface area contributed by atoms with Crippen LogP contribution in [0.15, 0.2) is 24.3 Å². The lowest BCUT2D eigenvalue weighted by atomic mass is 10.0. The molecule has 0 aliphatic rings. The summed E-state index contributed by atoms with van der Waals surface area (Å²) in [7, 11) is 1.62. The first-order chi connectivity index (χ1) is 8.10. The van der Waals surface area contributed by atoms with E-state index < -0.39 is 6.04 Å². The van der Waals surface area contributed by atoms with Crippen molar-refractivity contribution in [2.75, 3.05) is 7.11 Å². The lowest BCUT2D eigenvalue weighted by Crippen LogP contribution is -2.40. The van der Waals surface area contributed by atoms with Gasteiger partial charge in [0.05, 0.1) is 19.2 Å². The van der Waals surface area contributed by atoms with E-state index in [9.17, 15) is 4.79 Å². The first-order valence-electron chi connectivity index (χ1n) is 5.79. The third-order valence-electron chi connectivity index (χ3n) is 2.65. The predicted octanol–water partition coefficient (Wildman–Crippen LogP) is 1.61. The molecule has 2 unspecified atom stereocenters. The molecule has 4 heteroatoms. The van der Waals surface area contributed by atoms with Gasteiger partial charge in [-0.2, -0.15) is 0 Å². The molecule has 94 valence electrons. The highest BCUT2D eigenvalue weighted by atomic mass is 16.5. The minimum absolute atomic E-state index is 0.0651. The smallest absolute Gasteiger partial charge is 0.237 e. The number of ether oxygens (including phenoxy) is 1. The molecule has 0 bridgehead atoms. The van der Waals surface area contributed by atoms with Gasteiger partial charge in [0.25, 0.3) is 0 Å². The molecule has 0 radical (unpaired) electrons. The van der Waals surface area contributed by atoms with Gasteiger partial charge in [-0.3, -0.25) is 4.79 Å². The van der Waals surface area contributed by atoms with Crippen molar-refractivity contribution in [1.29, 1.82) is 0 Å². The van der Waals surface area contributed by atoms with E-state index in [1.165, 1.54) is 0 Å². The molecule has 0 aliphatic heterocycles. The number of hydrogen-bond donors (Lipinski definition) is 2. The molecule has 0 saturated heterocycles. The predicted molar refractivity (Wildman–Crippen MR) is 67.8 cm³/mol. The van der Waals surface area contributed by atoms with Crippen molar-refractivity contribution in [3.05, 3.63) is 29.8 Å². The molecule has 17 heavy (non-hydrogen) atoms. The molecule has 2 atom stereocenters. The Bertz CT molecular complexity index is 377. The topological polar surface area (TPSA) is 64.4 Å². The molecule has 0 spiro atoms. The van der Waals surface area contributed by atoms with Gasteiger partial charge in [0.2, 0.25) is 5.91 Å². The minimum Gasteiger partial charge on any atom is -0.496 e. The second kappa shape index (κ2) is 6.25. The number of nitrogens with two attached hydrogens (primary N) is 1. The zero-order valence-electron chi connectivity index (χ0n) is 10.6. The number of nitrogens with one attached hydrogen (secondary N) is 1. The van der Waals surface area contributed by atoms with Crippen molar-refractivity contribution in [2.24, 2.45) is 5.73 Å². The van der Waals surface area contributed by atoms with E-state index in [1.807, 2.05) is 31.2 Å². The molecule has 3 N–H and O–H groups in total. The molecule has 1 rings (SSSR count). The highest BCUT2D eigenvalue weighted by Crippen LogP contribution is 2.26. The van der Waals surface area contributed by atoms with E-state index in [2.05, 4.69) is 5.32 Å². The van der Waals surface area contributed by atoms with Gasteiger partial charge < -0.3 is 15.8 Å². The summed E-state index contributed by atoms with van der Waals surface area (Å²) in [5.41, 5.74) is 6.52. The monoisotopic (exact) mass is 236 g/mol. The number of benzene rings is 1. The Labute approximate surface area is 102 Å². The Morgan fingerprint density at radius 1 is 1.47 bits per heavy atom. The fraction of sp³-hybridized carbons (Fsp3) is 0.462. The molecule has 0 aromatic heterocycles. The van der Waals surface area contributed by atoms with Gasteiger partial charge in [0.15, 0.2) is 0 Å². The minimum atomic E-state index is -0.501. The van der Waals surface area contributed by atoms with Crippen LogP contribution in [0.2, 0.25) is 0 Å². The van der Waals surface area contributed by atoms with Gasteiger partial charge in [-0.15, -0.1) is 0 Å². The lowest BCUT2D eigenvalue weighted by Gasteiger charge is -2.20. The molecule has 0 aliphatic carbocycles. The van der Waals surface area contributed by atoms with Crippen LogP contribution < -0.4 is 15.8 Å². The summed E-state index contributed by atoms with van der Waals surface area (Å²) in [6.45, 7) is 3.68. The van der Waals surface area contributed by atoms with Gasteiger partial charge in [-0.05, 0) is 19.4 Å². The van der Waals surface area contributed by atoms with Crippen LogP contribution in [0.5, 0.6) is 5.75 Å². The summed E-state index contributed by atoms with van der Waals surface area (Å²) < 4.78 is 5.29. The lowest BCUT2D eigenvalue weighted by molar-refractivity contribution is -0.122. The van der Waals surface area contributed by atoms with Crippen molar-refractivity contribution in [3.63, 3.8) is 0 Å². The Balaban J connectivity index is 2.89. The molecule has 1 aromatic rings. The summed E-state index contributed by atoms with van der Waals surface area (Å²) in [6, 6.07) is 7.11. The van der Waals surface area contributed by atoms with Gasteiger partial charge in [0.1, 0.15) is 5.75 Å². The molecule has 0 fully saturated rings. The first kappa shape index (κ1) is 13.5. The average molecular weight is 236 g/mol. The van der Waals surface area contributed by atoms with Crippen LogP contribution in [0, 0.1) is 0 Å². The van der Waals surface area contributed by atoms with Crippen molar-refractivity contribution < 1.29 is 9.53 Å². The maximum atomic E-state index is 11.6. The second-order valence-electron chi connectivity index (χ2n) is 4.00. The van der Waals surface area contributed by atoms with Crippen LogP contribution in [-0.2, 0) is 4.79 Å². The third kappa shape index (κ3) is 3.46. The number of hydrogen-bond acceptors (Lipinski definition) is 3. The van der Waals surface area contributed by atoms with E-state index in [1.54, 1.807) is 14.0 Å². The van der Waals surface area contributed by atoms with Gasteiger partial charge in [0, 0.05) is 5.56 Å². The Morgan fingerprint density at radius 2 is 2.12 bits per heavy atom. The second-order valence-corrected chi connectivity index (χ2v) is 4.00. The molecule has 1 aromatic carbocycles. The molecule has 0 saturated carbocycles. The fourth-order valence-electron chi connectivity index (χ4n) is 1.66. The maximum absolute atomic E-state index is 11.6. The molecular weight excluding hydrogens is 216 g/mol. The average Bonchev–Trinajstić information content (AvgIpc) is 2.35.